The van der Waals surface area contributed by atoms with Crippen molar-refractivity contribution in [3.05, 3.63) is 28.0 Å². The molecule has 2 aliphatic rings. The molecule has 102 valence electrons. The topological polar surface area (TPSA) is 42.0 Å². The molecule has 1 heterocycles. The van der Waals surface area contributed by atoms with Crippen LogP contribution in [-0.2, 0) is 0 Å². The average Bonchev–Trinajstić information content (AvgIpc) is 3.25. The summed E-state index contributed by atoms with van der Waals surface area (Å²) in [7, 11) is 0. The van der Waals surface area contributed by atoms with Gasteiger partial charge in [0.15, 0.2) is 0 Å². The van der Waals surface area contributed by atoms with Crippen LogP contribution >= 0.6 is 23.2 Å². The molecule has 3 rings (SSSR count). The summed E-state index contributed by atoms with van der Waals surface area (Å²) >= 11 is 11.8. The Morgan fingerprint density at radius 2 is 1.95 bits per heavy atom. The molecule has 1 aromatic rings. The maximum absolute atomic E-state index is 12.1. The molecule has 0 aromatic carbocycles. The fraction of sp³-hybridized carbons (Fsp3) is 0.571. The summed E-state index contributed by atoms with van der Waals surface area (Å²) in [5.41, 5.74) is 0.409. The van der Waals surface area contributed by atoms with Gasteiger partial charge in [0.25, 0.3) is 5.91 Å². The van der Waals surface area contributed by atoms with Crippen LogP contribution in [0.4, 0.5) is 0 Å². The summed E-state index contributed by atoms with van der Waals surface area (Å²) in [6.07, 6.45) is 6.69. The fourth-order valence-electron chi connectivity index (χ4n) is 2.66. The summed E-state index contributed by atoms with van der Waals surface area (Å²) in [6, 6.07) is 1.52. The van der Waals surface area contributed by atoms with Crippen molar-refractivity contribution in [3.8, 4) is 0 Å². The Balaban J connectivity index is 1.62. The molecule has 2 saturated carbocycles. The molecule has 0 unspecified atom stereocenters. The highest BCUT2D eigenvalue weighted by molar-refractivity contribution is 6.35. The highest BCUT2D eigenvalue weighted by atomic mass is 35.5. The molecule has 1 N–H and O–H groups in total. The van der Waals surface area contributed by atoms with E-state index in [1.54, 1.807) is 0 Å². The van der Waals surface area contributed by atoms with E-state index in [0.717, 1.165) is 18.4 Å². The van der Waals surface area contributed by atoms with Crippen molar-refractivity contribution in [1.29, 1.82) is 0 Å². The Labute approximate surface area is 122 Å². The van der Waals surface area contributed by atoms with Crippen molar-refractivity contribution in [2.45, 2.75) is 25.7 Å². The monoisotopic (exact) mass is 298 g/mol. The van der Waals surface area contributed by atoms with Gasteiger partial charge in [0.05, 0.1) is 10.6 Å². The molecule has 0 saturated heterocycles. The SMILES string of the molecule is O=C(NCC(C1CC1)C1CC1)c1cc(Cl)ncc1Cl. The summed E-state index contributed by atoms with van der Waals surface area (Å²) < 4.78 is 0. The number of halogens is 2. The number of nitrogens with one attached hydrogen (secondary N) is 1. The molecule has 1 aromatic heterocycles. The van der Waals surface area contributed by atoms with E-state index in [9.17, 15) is 4.79 Å². The molecule has 5 heteroatoms. The van der Waals surface area contributed by atoms with E-state index < -0.39 is 0 Å². The number of hydrogen-bond donors (Lipinski definition) is 1. The van der Waals surface area contributed by atoms with Gasteiger partial charge in [0, 0.05) is 12.7 Å². The van der Waals surface area contributed by atoms with Crippen LogP contribution in [0.3, 0.4) is 0 Å². The molecule has 0 radical (unpaired) electrons. The molecular weight excluding hydrogens is 283 g/mol. The first-order chi connectivity index (χ1) is 9.15. The second-order valence-electron chi connectivity index (χ2n) is 5.54. The third kappa shape index (κ3) is 3.21. The lowest BCUT2D eigenvalue weighted by Crippen LogP contribution is -2.31. The normalized spacial score (nSPS) is 18.7. The van der Waals surface area contributed by atoms with Gasteiger partial charge in [-0.3, -0.25) is 4.79 Å². The minimum absolute atomic E-state index is 0.152. The number of pyridine rings is 1. The molecule has 1 amide bonds. The van der Waals surface area contributed by atoms with Crippen LogP contribution < -0.4 is 5.32 Å². The molecule has 0 aliphatic heterocycles. The van der Waals surface area contributed by atoms with Gasteiger partial charge in [0.2, 0.25) is 0 Å². The van der Waals surface area contributed by atoms with Crippen LogP contribution in [0.2, 0.25) is 10.2 Å². The summed E-state index contributed by atoms with van der Waals surface area (Å²) in [5, 5.41) is 3.63. The number of hydrogen-bond acceptors (Lipinski definition) is 2. The van der Waals surface area contributed by atoms with Crippen molar-refractivity contribution in [1.82, 2.24) is 10.3 Å². The minimum Gasteiger partial charge on any atom is -0.352 e. The molecule has 3 nitrogen and oxygen atoms in total. The average molecular weight is 299 g/mol. The fourth-order valence-corrected chi connectivity index (χ4v) is 3.01. The van der Waals surface area contributed by atoms with Crippen LogP contribution in [0, 0.1) is 17.8 Å². The third-order valence-corrected chi connectivity index (χ3v) is 4.53. The Hall–Kier alpha value is -0.800. The summed E-state index contributed by atoms with van der Waals surface area (Å²) in [4.78, 5) is 16.0. The van der Waals surface area contributed by atoms with Crippen molar-refractivity contribution in [2.24, 2.45) is 17.8 Å². The number of amides is 1. The van der Waals surface area contributed by atoms with E-state index in [1.165, 1.54) is 37.9 Å². The lowest BCUT2D eigenvalue weighted by atomic mass is 9.98. The first-order valence-electron chi connectivity index (χ1n) is 6.74. The van der Waals surface area contributed by atoms with Crippen LogP contribution in [0.5, 0.6) is 0 Å². The number of carbonyl (C=O) groups is 1. The minimum atomic E-state index is -0.152. The van der Waals surface area contributed by atoms with E-state index in [4.69, 9.17) is 23.2 Å². The van der Waals surface area contributed by atoms with Crippen LogP contribution in [0.25, 0.3) is 0 Å². The molecule has 2 fully saturated rings. The predicted molar refractivity (Wildman–Crippen MR) is 75.5 cm³/mol. The van der Waals surface area contributed by atoms with E-state index in [-0.39, 0.29) is 11.1 Å². The second-order valence-corrected chi connectivity index (χ2v) is 6.33. The molecule has 0 atom stereocenters. The smallest absolute Gasteiger partial charge is 0.252 e. The Kier molecular flexibility index (Phi) is 3.68. The van der Waals surface area contributed by atoms with E-state index in [2.05, 4.69) is 10.3 Å². The molecule has 0 bridgehead atoms. The summed E-state index contributed by atoms with van der Waals surface area (Å²) in [6.45, 7) is 0.754. The van der Waals surface area contributed by atoms with Crippen LogP contribution in [0.15, 0.2) is 12.3 Å². The predicted octanol–water partition coefficient (Wildman–Crippen LogP) is 3.55. The zero-order valence-corrected chi connectivity index (χ0v) is 12.0. The zero-order chi connectivity index (χ0) is 13.4. The lowest BCUT2D eigenvalue weighted by molar-refractivity contribution is 0.0943. The lowest BCUT2D eigenvalue weighted by Gasteiger charge is -2.16. The van der Waals surface area contributed by atoms with Gasteiger partial charge in [-0.2, -0.15) is 0 Å². The highest BCUT2D eigenvalue weighted by Gasteiger charge is 2.41. The Bertz CT molecular complexity index is 486. The number of rotatable bonds is 5. The van der Waals surface area contributed by atoms with Gasteiger partial charge >= 0.3 is 0 Å². The Morgan fingerprint density at radius 1 is 1.32 bits per heavy atom. The number of aromatic nitrogens is 1. The molecule has 0 spiro atoms. The largest absolute Gasteiger partial charge is 0.352 e. The van der Waals surface area contributed by atoms with Crippen molar-refractivity contribution in [2.75, 3.05) is 6.54 Å². The number of nitrogens with zero attached hydrogens (tertiary/aromatic N) is 1. The maximum Gasteiger partial charge on any atom is 0.252 e. The van der Waals surface area contributed by atoms with E-state index >= 15 is 0 Å². The second kappa shape index (κ2) is 5.29. The van der Waals surface area contributed by atoms with Crippen molar-refractivity contribution >= 4 is 29.1 Å². The van der Waals surface area contributed by atoms with Gasteiger partial charge in [-0.1, -0.05) is 23.2 Å². The standard InChI is InChI=1S/C14H16Cl2N2O/c15-12-7-17-13(16)5-10(12)14(19)18-6-11(8-1-2-8)9-3-4-9/h5,7-9,11H,1-4,6H2,(H,18,19). The quantitative estimate of drug-likeness (QED) is 0.845. The molecule has 19 heavy (non-hydrogen) atoms. The highest BCUT2D eigenvalue weighted by Crippen LogP contribution is 2.48. The summed E-state index contributed by atoms with van der Waals surface area (Å²) in [5.74, 6) is 2.15. The van der Waals surface area contributed by atoms with E-state index in [1.807, 2.05) is 0 Å². The first-order valence-corrected chi connectivity index (χ1v) is 7.50. The molecular formula is C14H16Cl2N2O. The zero-order valence-electron chi connectivity index (χ0n) is 10.5. The van der Waals surface area contributed by atoms with Crippen molar-refractivity contribution in [3.63, 3.8) is 0 Å². The van der Waals surface area contributed by atoms with Gasteiger partial charge < -0.3 is 5.32 Å². The van der Waals surface area contributed by atoms with Crippen LogP contribution in [0.1, 0.15) is 36.0 Å². The van der Waals surface area contributed by atoms with Gasteiger partial charge in [0.1, 0.15) is 5.15 Å². The maximum atomic E-state index is 12.1. The van der Waals surface area contributed by atoms with Crippen LogP contribution in [-0.4, -0.2) is 17.4 Å². The Morgan fingerprint density at radius 3 is 2.53 bits per heavy atom. The van der Waals surface area contributed by atoms with Gasteiger partial charge in [-0.25, -0.2) is 4.98 Å². The van der Waals surface area contributed by atoms with E-state index in [0.29, 0.717) is 16.5 Å². The molecule has 2 aliphatic carbocycles. The van der Waals surface area contributed by atoms with Crippen molar-refractivity contribution < 1.29 is 4.79 Å². The first kappa shape index (κ1) is 13.2. The van der Waals surface area contributed by atoms with Gasteiger partial charge in [-0.15, -0.1) is 0 Å². The number of carbonyl (C=O) groups excluding carboxylic acids is 1. The van der Waals surface area contributed by atoms with Gasteiger partial charge in [-0.05, 0) is 49.5 Å². The third-order valence-electron chi connectivity index (χ3n) is 4.02.